The van der Waals surface area contributed by atoms with Gasteiger partial charge in [0.05, 0.1) is 12.7 Å². The summed E-state index contributed by atoms with van der Waals surface area (Å²) in [7, 11) is 1.30. The number of ketones is 1. The summed E-state index contributed by atoms with van der Waals surface area (Å²) in [5, 5.41) is 10.7. The van der Waals surface area contributed by atoms with Gasteiger partial charge in [-0.2, -0.15) is 0 Å². The zero-order chi connectivity index (χ0) is 19.0. The lowest BCUT2D eigenvalue weighted by Crippen LogP contribution is -2.41. The number of esters is 1. The zero-order valence-electron chi connectivity index (χ0n) is 16.4. The van der Waals surface area contributed by atoms with E-state index in [1.807, 2.05) is 6.92 Å². The molecule has 1 aliphatic rings. The summed E-state index contributed by atoms with van der Waals surface area (Å²) in [6, 6.07) is 0. The Morgan fingerprint density at radius 3 is 2.44 bits per heavy atom. The molecule has 5 nitrogen and oxygen atoms in total. The smallest absolute Gasteiger partial charge is 0.316 e. The molecule has 0 heterocycles. The third kappa shape index (κ3) is 5.41. The number of rotatable bonds is 9. The predicted molar refractivity (Wildman–Crippen MR) is 99.9 cm³/mol. The molecule has 1 N–H and O–H groups in total. The van der Waals surface area contributed by atoms with E-state index in [0.29, 0.717) is 18.7 Å². The van der Waals surface area contributed by atoms with E-state index in [1.165, 1.54) is 26.4 Å². The van der Waals surface area contributed by atoms with Gasteiger partial charge >= 0.3 is 5.97 Å². The number of carbonyl (C=O) groups excluding carboxylic acids is 2. The molecule has 142 valence electrons. The number of ether oxygens (including phenoxy) is 1. The molecule has 0 spiro atoms. The highest BCUT2D eigenvalue weighted by atomic mass is 16.5. The lowest BCUT2D eigenvalue weighted by molar-refractivity contribution is -0.150. The molecule has 0 radical (unpaired) electrons. The minimum Gasteiger partial charge on any atom is -0.511 e. The van der Waals surface area contributed by atoms with Crippen LogP contribution in [0.15, 0.2) is 16.3 Å². The zero-order valence-corrected chi connectivity index (χ0v) is 16.4. The Morgan fingerprint density at radius 1 is 1.24 bits per heavy atom. The predicted octanol–water partition coefficient (Wildman–Crippen LogP) is 4.41. The highest BCUT2D eigenvalue weighted by Crippen LogP contribution is 2.42. The van der Waals surface area contributed by atoms with Crippen LogP contribution in [0.1, 0.15) is 72.6 Å². The van der Waals surface area contributed by atoms with Gasteiger partial charge in [-0.25, -0.2) is 0 Å². The van der Waals surface area contributed by atoms with E-state index < -0.39 is 17.3 Å². The van der Waals surface area contributed by atoms with Crippen LogP contribution >= 0.6 is 0 Å². The number of Topliss-reactive ketones (excluding diaryl/α,β-unsaturated/α-hetero) is 1. The Kier molecular flexibility index (Phi) is 8.33. The summed E-state index contributed by atoms with van der Waals surface area (Å²) in [6.07, 6.45) is 6.45. The molecule has 0 amide bonds. The van der Waals surface area contributed by atoms with Crippen molar-refractivity contribution in [2.75, 3.05) is 13.7 Å². The molecule has 0 saturated carbocycles. The molecule has 0 saturated heterocycles. The quantitative estimate of drug-likeness (QED) is 0.379. The first kappa shape index (κ1) is 21.4. The maximum Gasteiger partial charge on any atom is 0.316 e. The molecule has 1 rings (SSSR count). The van der Waals surface area contributed by atoms with Crippen molar-refractivity contribution in [2.24, 2.45) is 16.3 Å². The van der Waals surface area contributed by atoms with Gasteiger partial charge in [0, 0.05) is 18.7 Å². The van der Waals surface area contributed by atoms with Crippen LogP contribution < -0.4 is 0 Å². The maximum atomic E-state index is 12.6. The molecule has 0 aromatic rings. The van der Waals surface area contributed by atoms with Crippen molar-refractivity contribution in [3.63, 3.8) is 0 Å². The maximum absolute atomic E-state index is 12.6. The van der Waals surface area contributed by atoms with Crippen molar-refractivity contribution in [3.8, 4) is 0 Å². The molecule has 0 bridgehead atoms. The second kappa shape index (κ2) is 9.73. The number of hydrogen-bond acceptors (Lipinski definition) is 5. The molecular formula is C20H33NO4. The highest BCUT2D eigenvalue weighted by Gasteiger charge is 2.47. The van der Waals surface area contributed by atoms with Crippen molar-refractivity contribution in [2.45, 2.75) is 72.6 Å². The summed E-state index contributed by atoms with van der Waals surface area (Å²) in [6.45, 7) is 8.34. The van der Waals surface area contributed by atoms with Gasteiger partial charge in [-0.3, -0.25) is 14.6 Å². The fourth-order valence-electron chi connectivity index (χ4n) is 3.42. The fourth-order valence-corrected chi connectivity index (χ4v) is 3.42. The van der Waals surface area contributed by atoms with Crippen molar-refractivity contribution in [3.05, 3.63) is 11.3 Å². The van der Waals surface area contributed by atoms with Gasteiger partial charge in [0.15, 0.2) is 5.78 Å². The van der Waals surface area contributed by atoms with Crippen LogP contribution in [0.2, 0.25) is 0 Å². The molecule has 0 fully saturated rings. The first-order valence-electron chi connectivity index (χ1n) is 9.37. The normalized spacial score (nSPS) is 20.8. The number of aliphatic hydroxyl groups is 1. The molecule has 1 unspecified atom stereocenters. The van der Waals surface area contributed by atoms with Gasteiger partial charge in [0.1, 0.15) is 11.7 Å². The molecule has 25 heavy (non-hydrogen) atoms. The first-order chi connectivity index (χ1) is 11.8. The monoisotopic (exact) mass is 351 g/mol. The van der Waals surface area contributed by atoms with Gasteiger partial charge in [-0.15, -0.1) is 0 Å². The molecule has 5 heteroatoms. The first-order valence-corrected chi connectivity index (χ1v) is 9.37. The van der Waals surface area contributed by atoms with Gasteiger partial charge in [-0.1, -0.05) is 53.4 Å². The van der Waals surface area contributed by atoms with Gasteiger partial charge in [-0.05, 0) is 18.3 Å². The lowest BCUT2D eigenvalue weighted by atomic mass is 9.67. The number of aliphatic hydroxyl groups excluding tert-OH is 1. The van der Waals surface area contributed by atoms with E-state index in [2.05, 4.69) is 11.9 Å². The van der Waals surface area contributed by atoms with Crippen LogP contribution in [0.4, 0.5) is 0 Å². The molecule has 0 aliphatic heterocycles. The SMILES string of the molecule is CCCCCCCN=C(CC)C1=C(O)C(C(=O)OC)C(C)(C)CC1=O. The third-order valence-electron chi connectivity index (χ3n) is 4.83. The van der Waals surface area contributed by atoms with E-state index in [4.69, 9.17) is 4.74 Å². The largest absolute Gasteiger partial charge is 0.511 e. The van der Waals surface area contributed by atoms with Crippen LogP contribution in [-0.4, -0.2) is 36.2 Å². The third-order valence-corrected chi connectivity index (χ3v) is 4.83. The Labute approximate surface area is 151 Å². The number of aliphatic imine (C=N–C) groups is 1. The Bertz CT molecular complexity index is 546. The van der Waals surface area contributed by atoms with E-state index in [9.17, 15) is 14.7 Å². The number of nitrogens with zero attached hydrogens (tertiary/aromatic N) is 1. The Morgan fingerprint density at radius 2 is 1.88 bits per heavy atom. The number of allylic oxidation sites excluding steroid dienone is 1. The number of carbonyl (C=O) groups is 2. The van der Waals surface area contributed by atoms with Gasteiger partial charge in [0.2, 0.25) is 0 Å². The minimum atomic E-state index is -0.827. The summed E-state index contributed by atoms with van der Waals surface area (Å²) < 4.78 is 4.84. The van der Waals surface area contributed by atoms with Crippen LogP contribution in [0.5, 0.6) is 0 Å². The molecule has 1 aliphatic carbocycles. The van der Waals surface area contributed by atoms with E-state index >= 15 is 0 Å². The molecule has 0 aromatic carbocycles. The van der Waals surface area contributed by atoms with Crippen molar-refractivity contribution < 1.29 is 19.4 Å². The van der Waals surface area contributed by atoms with E-state index in [-0.39, 0.29) is 23.5 Å². The summed E-state index contributed by atoms with van der Waals surface area (Å²) in [5.41, 5.74) is 0.157. The van der Waals surface area contributed by atoms with Crippen molar-refractivity contribution in [1.82, 2.24) is 0 Å². The fraction of sp³-hybridized carbons (Fsp3) is 0.750. The lowest BCUT2D eigenvalue weighted by Gasteiger charge is -2.36. The second-order valence-corrected chi connectivity index (χ2v) is 7.40. The Balaban J connectivity index is 3.03. The van der Waals surface area contributed by atoms with Crippen molar-refractivity contribution in [1.29, 1.82) is 0 Å². The average Bonchev–Trinajstić information content (AvgIpc) is 2.54. The van der Waals surface area contributed by atoms with Crippen LogP contribution in [0.25, 0.3) is 0 Å². The number of methoxy groups -OCH3 is 1. The molecular weight excluding hydrogens is 318 g/mol. The molecule has 1 atom stereocenters. The van der Waals surface area contributed by atoms with Gasteiger partial charge in [0.25, 0.3) is 0 Å². The highest BCUT2D eigenvalue weighted by molar-refractivity contribution is 6.23. The Hall–Kier alpha value is -1.65. The topological polar surface area (TPSA) is 76.0 Å². The number of unbranched alkanes of at least 4 members (excludes halogenated alkanes) is 4. The summed E-state index contributed by atoms with van der Waals surface area (Å²) in [4.78, 5) is 29.3. The van der Waals surface area contributed by atoms with E-state index in [1.54, 1.807) is 13.8 Å². The molecule has 0 aromatic heterocycles. The van der Waals surface area contributed by atoms with Crippen molar-refractivity contribution >= 4 is 17.5 Å². The van der Waals surface area contributed by atoms with Crippen LogP contribution in [-0.2, 0) is 14.3 Å². The van der Waals surface area contributed by atoms with E-state index in [0.717, 1.165) is 12.8 Å². The standard InChI is InChI=1S/C20H33NO4/c1-6-8-9-10-11-12-21-14(7-2)16-15(22)13-20(3,4)17(18(16)23)19(24)25-5/h17,23H,6-13H2,1-5H3. The van der Waals surface area contributed by atoms with Crippen LogP contribution in [0.3, 0.4) is 0 Å². The van der Waals surface area contributed by atoms with Gasteiger partial charge < -0.3 is 9.84 Å². The summed E-state index contributed by atoms with van der Waals surface area (Å²) in [5.74, 6) is -1.66. The number of hydrogen-bond donors (Lipinski definition) is 1. The average molecular weight is 351 g/mol. The minimum absolute atomic E-state index is 0.144. The summed E-state index contributed by atoms with van der Waals surface area (Å²) >= 11 is 0. The second-order valence-electron chi connectivity index (χ2n) is 7.40. The van der Waals surface area contributed by atoms with Crippen LogP contribution in [0, 0.1) is 11.3 Å².